The summed E-state index contributed by atoms with van der Waals surface area (Å²) in [5.41, 5.74) is -0.815. The molecule has 19 heavy (non-hydrogen) atoms. The molecule has 2 N–H and O–H groups in total. The second kappa shape index (κ2) is 5.02. The smallest absolute Gasteiger partial charge is 0.317 e. The topological polar surface area (TPSA) is 69.6 Å². The SMILES string of the molecule is CC1CC(C)N(C(=O)NC2CCCC2(C)C(=O)O)C1. The lowest BCUT2D eigenvalue weighted by atomic mass is 9.85. The van der Waals surface area contributed by atoms with Crippen LogP contribution in [0.3, 0.4) is 0 Å². The van der Waals surface area contributed by atoms with Gasteiger partial charge in [-0.05, 0) is 39.0 Å². The third-order valence-electron chi connectivity index (χ3n) is 4.79. The van der Waals surface area contributed by atoms with Gasteiger partial charge in [0.25, 0.3) is 0 Å². The summed E-state index contributed by atoms with van der Waals surface area (Å²) in [6.07, 6.45) is 3.28. The summed E-state index contributed by atoms with van der Waals surface area (Å²) in [6, 6.07) is -0.107. The van der Waals surface area contributed by atoms with Crippen LogP contribution in [0, 0.1) is 11.3 Å². The van der Waals surface area contributed by atoms with Crippen LogP contribution < -0.4 is 5.32 Å². The minimum atomic E-state index is -0.815. The first-order chi connectivity index (χ1) is 8.84. The van der Waals surface area contributed by atoms with Crippen molar-refractivity contribution in [1.29, 1.82) is 0 Å². The van der Waals surface area contributed by atoms with Gasteiger partial charge < -0.3 is 15.3 Å². The summed E-state index contributed by atoms with van der Waals surface area (Å²) in [6.45, 7) is 6.70. The number of rotatable bonds is 2. The largest absolute Gasteiger partial charge is 0.481 e. The second-order valence-corrected chi connectivity index (χ2v) is 6.46. The van der Waals surface area contributed by atoms with Crippen LogP contribution in [0.1, 0.15) is 46.5 Å². The van der Waals surface area contributed by atoms with Crippen molar-refractivity contribution >= 4 is 12.0 Å². The number of urea groups is 1. The summed E-state index contributed by atoms with van der Waals surface area (Å²) < 4.78 is 0. The normalized spacial score (nSPS) is 38.5. The second-order valence-electron chi connectivity index (χ2n) is 6.46. The maximum Gasteiger partial charge on any atom is 0.317 e. The van der Waals surface area contributed by atoms with Gasteiger partial charge in [0.1, 0.15) is 0 Å². The Balaban J connectivity index is 2.01. The molecule has 5 nitrogen and oxygen atoms in total. The van der Waals surface area contributed by atoms with Gasteiger partial charge in [-0.3, -0.25) is 4.79 Å². The standard InChI is InChI=1S/C14H24N2O3/c1-9-7-10(2)16(8-9)13(19)15-11-5-4-6-14(11,3)12(17)18/h9-11H,4-8H2,1-3H3,(H,15,19)(H,17,18). The molecule has 0 aromatic carbocycles. The van der Waals surface area contributed by atoms with E-state index in [-0.39, 0.29) is 18.1 Å². The number of nitrogens with one attached hydrogen (secondary N) is 1. The third kappa shape index (κ3) is 2.55. The molecule has 0 spiro atoms. The number of carboxylic acid groups (broad SMARTS) is 1. The minimum absolute atomic E-state index is 0.101. The van der Waals surface area contributed by atoms with E-state index in [0.29, 0.717) is 12.3 Å². The molecule has 0 bridgehead atoms. The van der Waals surface area contributed by atoms with Crippen LogP contribution in [-0.4, -0.2) is 40.6 Å². The Morgan fingerprint density at radius 3 is 2.58 bits per heavy atom. The molecule has 2 fully saturated rings. The highest BCUT2D eigenvalue weighted by atomic mass is 16.4. The van der Waals surface area contributed by atoms with Crippen molar-refractivity contribution in [2.75, 3.05) is 6.54 Å². The number of aliphatic carboxylic acids is 1. The van der Waals surface area contributed by atoms with Gasteiger partial charge in [0.15, 0.2) is 0 Å². The van der Waals surface area contributed by atoms with Crippen molar-refractivity contribution in [2.45, 2.75) is 58.5 Å². The molecule has 1 saturated carbocycles. The van der Waals surface area contributed by atoms with Crippen LogP contribution >= 0.6 is 0 Å². The van der Waals surface area contributed by atoms with Crippen molar-refractivity contribution < 1.29 is 14.7 Å². The highest BCUT2D eigenvalue weighted by molar-refractivity contribution is 5.79. The molecule has 0 aromatic rings. The van der Waals surface area contributed by atoms with E-state index >= 15 is 0 Å². The summed E-state index contributed by atoms with van der Waals surface area (Å²) in [4.78, 5) is 25.5. The molecular formula is C14H24N2O3. The lowest BCUT2D eigenvalue weighted by Crippen LogP contribution is -2.52. The number of carboxylic acids is 1. The molecule has 1 aliphatic carbocycles. The van der Waals surface area contributed by atoms with Gasteiger partial charge in [-0.1, -0.05) is 13.3 Å². The van der Waals surface area contributed by atoms with Crippen molar-refractivity contribution in [3.63, 3.8) is 0 Å². The average molecular weight is 268 g/mol. The van der Waals surface area contributed by atoms with E-state index < -0.39 is 11.4 Å². The Kier molecular flexibility index (Phi) is 3.74. The molecule has 0 aromatic heterocycles. The summed E-state index contributed by atoms with van der Waals surface area (Å²) in [7, 11) is 0. The van der Waals surface area contributed by atoms with E-state index in [9.17, 15) is 14.7 Å². The maximum atomic E-state index is 12.3. The number of nitrogens with zero attached hydrogens (tertiary/aromatic N) is 1. The molecule has 2 rings (SSSR count). The van der Waals surface area contributed by atoms with Crippen LogP contribution in [0.5, 0.6) is 0 Å². The van der Waals surface area contributed by atoms with Crippen molar-refractivity contribution in [2.24, 2.45) is 11.3 Å². The van der Waals surface area contributed by atoms with Gasteiger partial charge in [-0.2, -0.15) is 0 Å². The van der Waals surface area contributed by atoms with Gasteiger partial charge in [-0.15, -0.1) is 0 Å². The fraction of sp³-hybridized carbons (Fsp3) is 0.857. The fourth-order valence-corrected chi connectivity index (χ4v) is 3.47. The van der Waals surface area contributed by atoms with Crippen molar-refractivity contribution in [3.8, 4) is 0 Å². The predicted molar refractivity (Wildman–Crippen MR) is 71.9 cm³/mol. The van der Waals surface area contributed by atoms with Gasteiger partial charge in [0, 0.05) is 18.6 Å². The molecule has 5 heteroatoms. The van der Waals surface area contributed by atoms with Crippen LogP contribution in [0.2, 0.25) is 0 Å². The molecule has 108 valence electrons. The van der Waals surface area contributed by atoms with E-state index in [1.54, 1.807) is 6.92 Å². The monoisotopic (exact) mass is 268 g/mol. The third-order valence-corrected chi connectivity index (χ3v) is 4.79. The molecule has 4 unspecified atom stereocenters. The van der Waals surface area contributed by atoms with E-state index in [4.69, 9.17) is 0 Å². The molecule has 4 atom stereocenters. The number of hydrogen-bond donors (Lipinski definition) is 2. The summed E-state index contributed by atoms with van der Waals surface area (Å²) >= 11 is 0. The lowest BCUT2D eigenvalue weighted by molar-refractivity contribution is -0.148. The van der Waals surface area contributed by atoms with E-state index in [1.165, 1.54) is 0 Å². The van der Waals surface area contributed by atoms with Gasteiger partial charge >= 0.3 is 12.0 Å². The van der Waals surface area contributed by atoms with Crippen LogP contribution in [0.25, 0.3) is 0 Å². The van der Waals surface area contributed by atoms with Crippen molar-refractivity contribution in [3.05, 3.63) is 0 Å². The number of likely N-dealkylation sites (tertiary alicyclic amines) is 1. The van der Waals surface area contributed by atoms with E-state index in [0.717, 1.165) is 25.8 Å². The van der Waals surface area contributed by atoms with Gasteiger partial charge in [0.2, 0.25) is 0 Å². The molecule has 1 heterocycles. The minimum Gasteiger partial charge on any atom is -0.481 e. The summed E-state index contributed by atoms with van der Waals surface area (Å²) in [5, 5.41) is 12.3. The first kappa shape index (κ1) is 14.2. The zero-order chi connectivity index (χ0) is 14.2. The Morgan fingerprint density at radius 1 is 1.37 bits per heavy atom. The Morgan fingerprint density at radius 2 is 2.05 bits per heavy atom. The first-order valence-electron chi connectivity index (χ1n) is 7.15. The first-order valence-corrected chi connectivity index (χ1v) is 7.15. The van der Waals surface area contributed by atoms with E-state index in [2.05, 4.69) is 12.2 Å². The number of carbonyl (C=O) groups excluding carboxylic acids is 1. The molecule has 2 aliphatic rings. The fourth-order valence-electron chi connectivity index (χ4n) is 3.47. The maximum absolute atomic E-state index is 12.3. The number of hydrogen-bond acceptors (Lipinski definition) is 2. The Labute approximate surface area is 114 Å². The van der Waals surface area contributed by atoms with Gasteiger partial charge in [0.05, 0.1) is 5.41 Å². The highest BCUT2D eigenvalue weighted by Gasteiger charge is 2.46. The number of amides is 2. The zero-order valence-electron chi connectivity index (χ0n) is 12.0. The highest BCUT2D eigenvalue weighted by Crippen LogP contribution is 2.38. The van der Waals surface area contributed by atoms with Crippen molar-refractivity contribution in [1.82, 2.24) is 10.2 Å². The summed E-state index contributed by atoms with van der Waals surface area (Å²) in [5.74, 6) is -0.284. The zero-order valence-corrected chi connectivity index (χ0v) is 12.0. The van der Waals surface area contributed by atoms with Gasteiger partial charge in [-0.25, -0.2) is 4.79 Å². The molecule has 0 radical (unpaired) electrons. The van der Waals surface area contributed by atoms with Crippen LogP contribution in [-0.2, 0) is 4.79 Å². The average Bonchev–Trinajstić information content (AvgIpc) is 2.84. The Bertz CT molecular complexity index is 385. The molecule has 1 aliphatic heterocycles. The van der Waals surface area contributed by atoms with Crippen LogP contribution in [0.4, 0.5) is 4.79 Å². The van der Waals surface area contributed by atoms with Crippen LogP contribution in [0.15, 0.2) is 0 Å². The lowest BCUT2D eigenvalue weighted by Gasteiger charge is -2.31. The Hall–Kier alpha value is -1.26. The molecular weight excluding hydrogens is 244 g/mol. The number of carbonyl (C=O) groups is 2. The molecule has 2 amide bonds. The predicted octanol–water partition coefficient (Wildman–Crippen LogP) is 2.07. The quantitative estimate of drug-likeness (QED) is 0.805. The molecule has 1 saturated heterocycles. The van der Waals surface area contributed by atoms with E-state index in [1.807, 2.05) is 11.8 Å².